The van der Waals surface area contributed by atoms with Crippen molar-refractivity contribution in [1.82, 2.24) is 9.97 Å². The molecule has 3 nitrogen and oxygen atoms in total. The Kier molecular flexibility index (Phi) is 4.81. The molecule has 0 spiro atoms. The lowest BCUT2D eigenvalue weighted by atomic mass is 9.94. The van der Waals surface area contributed by atoms with Crippen LogP contribution in [-0.4, -0.2) is 28.4 Å². The Labute approximate surface area is 115 Å². The van der Waals surface area contributed by atoms with Crippen molar-refractivity contribution in [2.45, 2.75) is 52.0 Å². The number of nitrogens with zero attached hydrogens (tertiary/aromatic N) is 3. The number of rotatable bonds is 4. The minimum Gasteiger partial charge on any atom is -0.351 e. The van der Waals surface area contributed by atoms with Crippen LogP contribution in [0, 0.1) is 13.8 Å². The molecule has 100 valence electrons. The normalized spacial score (nSPS) is 16.8. The minimum atomic E-state index is 0.590. The summed E-state index contributed by atoms with van der Waals surface area (Å²) in [4.78, 5) is 11.5. The number of halogens is 1. The monoisotopic (exact) mass is 267 g/mol. The number of aryl methyl sites for hydroxylation is 2. The van der Waals surface area contributed by atoms with E-state index in [1.165, 1.54) is 32.1 Å². The topological polar surface area (TPSA) is 29.0 Å². The van der Waals surface area contributed by atoms with Gasteiger partial charge in [-0.05, 0) is 26.7 Å². The van der Waals surface area contributed by atoms with Crippen molar-refractivity contribution in [3.05, 3.63) is 17.6 Å². The third kappa shape index (κ3) is 3.14. The van der Waals surface area contributed by atoms with Crippen LogP contribution in [0.5, 0.6) is 0 Å². The second kappa shape index (κ2) is 6.37. The van der Waals surface area contributed by atoms with Crippen molar-refractivity contribution in [2.75, 3.05) is 17.3 Å². The predicted octanol–water partition coefficient (Wildman–Crippen LogP) is 3.47. The third-order valence-corrected chi connectivity index (χ3v) is 3.83. The van der Waals surface area contributed by atoms with E-state index in [0.717, 1.165) is 23.8 Å². The molecule has 0 saturated heterocycles. The Balaban J connectivity index is 2.24. The molecular formula is C14H22ClN3. The molecule has 0 bridgehead atoms. The van der Waals surface area contributed by atoms with Crippen LogP contribution in [0.3, 0.4) is 0 Å². The summed E-state index contributed by atoms with van der Waals surface area (Å²) in [6.45, 7) is 4.90. The maximum atomic E-state index is 5.97. The predicted molar refractivity (Wildman–Crippen MR) is 76.4 cm³/mol. The standard InChI is InChI=1S/C14H22ClN3/c1-11-10-16-12(2)14(17-11)18(9-8-15)13-6-4-3-5-7-13/h10,13H,3-9H2,1-2H3. The summed E-state index contributed by atoms with van der Waals surface area (Å²) in [6, 6.07) is 0.590. The fourth-order valence-corrected chi connectivity index (χ4v) is 2.92. The highest BCUT2D eigenvalue weighted by Gasteiger charge is 2.23. The van der Waals surface area contributed by atoms with Crippen molar-refractivity contribution in [3.63, 3.8) is 0 Å². The van der Waals surface area contributed by atoms with Crippen LogP contribution >= 0.6 is 11.6 Å². The van der Waals surface area contributed by atoms with E-state index in [1.807, 2.05) is 20.0 Å². The Morgan fingerprint density at radius 1 is 1.28 bits per heavy atom. The summed E-state index contributed by atoms with van der Waals surface area (Å²) in [6.07, 6.45) is 8.35. The number of anilines is 1. The molecule has 1 heterocycles. The first kappa shape index (κ1) is 13.6. The van der Waals surface area contributed by atoms with Gasteiger partial charge in [-0.3, -0.25) is 4.98 Å². The number of alkyl halides is 1. The molecule has 1 aromatic heterocycles. The molecule has 0 atom stereocenters. The molecule has 0 aliphatic heterocycles. The van der Waals surface area contributed by atoms with Crippen molar-refractivity contribution in [2.24, 2.45) is 0 Å². The molecule has 1 saturated carbocycles. The summed E-state index contributed by atoms with van der Waals surface area (Å²) >= 11 is 5.97. The molecule has 0 N–H and O–H groups in total. The first-order chi connectivity index (χ1) is 8.72. The van der Waals surface area contributed by atoms with E-state index in [1.54, 1.807) is 0 Å². The summed E-state index contributed by atoms with van der Waals surface area (Å²) in [7, 11) is 0. The quantitative estimate of drug-likeness (QED) is 0.782. The van der Waals surface area contributed by atoms with Crippen molar-refractivity contribution in [1.29, 1.82) is 0 Å². The number of hydrogen-bond donors (Lipinski definition) is 0. The smallest absolute Gasteiger partial charge is 0.150 e. The van der Waals surface area contributed by atoms with Gasteiger partial charge in [0.15, 0.2) is 5.82 Å². The second-order valence-corrected chi connectivity index (χ2v) is 5.47. The molecule has 1 aliphatic carbocycles. The minimum absolute atomic E-state index is 0.590. The molecule has 2 rings (SSSR count). The second-order valence-electron chi connectivity index (χ2n) is 5.09. The molecule has 0 unspecified atom stereocenters. The van der Waals surface area contributed by atoms with E-state index in [0.29, 0.717) is 11.9 Å². The van der Waals surface area contributed by atoms with Gasteiger partial charge in [-0.25, -0.2) is 4.98 Å². The third-order valence-electron chi connectivity index (χ3n) is 3.66. The van der Waals surface area contributed by atoms with E-state index in [9.17, 15) is 0 Å². The first-order valence-corrected chi connectivity index (χ1v) is 7.38. The van der Waals surface area contributed by atoms with Gasteiger partial charge >= 0.3 is 0 Å². The summed E-state index contributed by atoms with van der Waals surface area (Å²) in [5, 5.41) is 0. The fourth-order valence-electron chi connectivity index (χ4n) is 2.74. The van der Waals surface area contributed by atoms with Gasteiger partial charge in [-0.1, -0.05) is 19.3 Å². The highest BCUT2D eigenvalue weighted by Crippen LogP contribution is 2.27. The van der Waals surface area contributed by atoms with Gasteiger partial charge in [-0.2, -0.15) is 0 Å². The van der Waals surface area contributed by atoms with Gasteiger partial charge in [-0.15, -0.1) is 11.6 Å². The van der Waals surface area contributed by atoms with Crippen LogP contribution in [0.15, 0.2) is 6.20 Å². The van der Waals surface area contributed by atoms with Crippen LogP contribution in [0.1, 0.15) is 43.5 Å². The van der Waals surface area contributed by atoms with Gasteiger partial charge in [0.05, 0.1) is 11.4 Å². The lowest BCUT2D eigenvalue weighted by Crippen LogP contribution is -2.39. The fraction of sp³-hybridized carbons (Fsp3) is 0.714. The maximum Gasteiger partial charge on any atom is 0.150 e. The van der Waals surface area contributed by atoms with E-state index in [4.69, 9.17) is 11.6 Å². The Morgan fingerprint density at radius 2 is 2.00 bits per heavy atom. The average molecular weight is 268 g/mol. The van der Waals surface area contributed by atoms with Crippen LogP contribution < -0.4 is 4.90 Å². The van der Waals surface area contributed by atoms with E-state index in [2.05, 4.69) is 14.9 Å². The zero-order chi connectivity index (χ0) is 13.0. The van der Waals surface area contributed by atoms with Crippen LogP contribution in [0.2, 0.25) is 0 Å². The molecule has 0 aromatic carbocycles. The summed E-state index contributed by atoms with van der Waals surface area (Å²) in [5.41, 5.74) is 1.99. The molecule has 0 amide bonds. The van der Waals surface area contributed by atoms with Crippen LogP contribution in [0.25, 0.3) is 0 Å². The lowest BCUT2D eigenvalue weighted by molar-refractivity contribution is 0.416. The van der Waals surface area contributed by atoms with Gasteiger partial charge < -0.3 is 4.90 Å². The van der Waals surface area contributed by atoms with E-state index >= 15 is 0 Å². The molecule has 1 aromatic rings. The first-order valence-electron chi connectivity index (χ1n) is 6.85. The van der Waals surface area contributed by atoms with Gasteiger partial charge in [0.25, 0.3) is 0 Å². The molecule has 0 radical (unpaired) electrons. The van der Waals surface area contributed by atoms with Crippen LogP contribution in [0.4, 0.5) is 5.82 Å². The van der Waals surface area contributed by atoms with Crippen LogP contribution in [-0.2, 0) is 0 Å². The SMILES string of the molecule is Cc1cnc(C)c(N(CCCl)C2CCCCC2)n1. The Morgan fingerprint density at radius 3 is 2.67 bits per heavy atom. The highest BCUT2D eigenvalue weighted by molar-refractivity contribution is 6.18. The average Bonchev–Trinajstić information content (AvgIpc) is 2.40. The van der Waals surface area contributed by atoms with Crippen molar-refractivity contribution < 1.29 is 0 Å². The van der Waals surface area contributed by atoms with Gasteiger partial charge in [0, 0.05) is 24.7 Å². The largest absolute Gasteiger partial charge is 0.351 e. The molecule has 1 aliphatic rings. The molecule has 1 fully saturated rings. The highest BCUT2D eigenvalue weighted by atomic mass is 35.5. The number of hydrogen-bond acceptors (Lipinski definition) is 3. The summed E-state index contributed by atoms with van der Waals surface area (Å²) in [5.74, 6) is 1.67. The zero-order valence-electron chi connectivity index (χ0n) is 11.3. The Bertz CT molecular complexity index is 389. The molecular weight excluding hydrogens is 246 g/mol. The van der Waals surface area contributed by atoms with Crippen molar-refractivity contribution >= 4 is 17.4 Å². The lowest BCUT2D eigenvalue weighted by Gasteiger charge is -2.35. The number of aromatic nitrogens is 2. The van der Waals surface area contributed by atoms with E-state index < -0.39 is 0 Å². The maximum absolute atomic E-state index is 5.97. The molecule has 18 heavy (non-hydrogen) atoms. The molecule has 4 heteroatoms. The van der Waals surface area contributed by atoms with Gasteiger partial charge in [0.1, 0.15) is 0 Å². The van der Waals surface area contributed by atoms with Gasteiger partial charge in [0.2, 0.25) is 0 Å². The Hall–Kier alpha value is -0.830. The zero-order valence-corrected chi connectivity index (χ0v) is 12.1. The van der Waals surface area contributed by atoms with E-state index in [-0.39, 0.29) is 0 Å². The van der Waals surface area contributed by atoms with Crippen molar-refractivity contribution in [3.8, 4) is 0 Å². The summed E-state index contributed by atoms with van der Waals surface area (Å²) < 4.78 is 0.